The van der Waals surface area contributed by atoms with Crippen LogP contribution in [0.3, 0.4) is 0 Å². The molecule has 2 rings (SSSR count). The molecule has 0 radical (unpaired) electrons. The molecule has 0 bridgehead atoms. The first kappa shape index (κ1) is 12.7. The standard InChI is InChI=1S/C14H13ClN2O/c1-2-11(12-14(15)17-9-8-16-12)13(18)10-6-4-3-5-7-10/h3-9,11H,2H2,1H3. The Morgan fingerprint density at radius 2 is 1.89 bits per heavy atom. The molecular weight excluding hydrogens is 248 g/mol. The SMILES string of the molecule is CCC(C(=O)c1ccccc1)c1nccnc1Cl. The van der Waals surface area contributed by atoms with Gasteiger partial charge in [0, 0.05) is 18.0 Å². The largest absolute Gasteiger partial charge is 0.293 e. The van der Waals surface area contributed by atoms with Crippen molar-refractivity contribution in [2.45, 2.75) is 19.3 Å². The van der Waals surface area contributed by atoms with E-state index in [2.05, 4.69) is 9.97 Å². The van der Waals surface area contributed by atoms with Crippen LogP contribution in [0.1, 0.15) is 35.3 Å². The molecule has 0 aliphatic heterocycles. The van der Waals surface area contributed by atoms with Gasteiger partial charge in [-0.1, -0.05) is 48.9 Å². The molecule has 92 valence electrons. The molecule has 0 saturated carbocycles. The lowest BCUT2D eigenvalue weighted by molar-refractivity contribution is 0.0955. The Bertz CT molecular complexity index is 543. The highest BCUT2D eigenvalue weighted by molar-refractivity contribution is 6.30. The van der Waals surface area contributed by atoms with Gasteiger partial charge in [-0.15, -0.1) is 0 Å². The van der Waals surface area contributed by atoms with Gasteiger partial charge >= 0.3 is 0 Å². The lowest BCUT2D eigenvalue weighted by Crippen LogP contribution is -2.14. The van der Waals surface area contributed by atoms with E-state index in [9.17, 15) is 4.79 Å². The predicted octanol–water partition coefficient (Wildman–Crippen LogP) is 3.51. The first-order valence-corrected chi connectivity index (χ1v) is 6.17. The highest BCUT2D eigenvalue weighted by atomic mass is 35.5. The first-order chi connectivity index (χ1) is 8.74. The van der Waals surface area contributed by atoms with Gasteiger partial charge in [0.15, 0.2) is 10.9 Å². The van der Waals surface area contributed by atoms with E-state index in [4.69, 9.17) is 11.6 Å². The molecular formula is C14H13ClN2O. The number of rotatable bonds is 4. The number of aromatic nitrogens is 2. The molecule has 0 saturated heterocycles. The minimum Gasteiger partial charge on any atom is -0.293 e. The van der Waals surface area contributed by atoms with Crippen LogP contribution in [-0.2, 0) is 0 Å². The van der Waals surface area contributed by atoms with E-state index in [1.807, 2.05) is 25.1 Å². The quantitative estimate of drug-likeness (QED) is 0.790. The lowest BCUT2D eigenvalue weighted by atomic mass is 9.92. The number of carbonyl (C=O) groups is 1. The molecule has 1 heterocycles. The van der Waals surface area contributed by atoms with E-state index < -0.39 is 0 Å². The van der Waals surface area contributed by atoms with Crippen molar-refractivity contribution in [3.8, 4) is 0 Å². The van der Waals surface area contributed by atoms with Gasteiger partial charge in [-0.2, -0.15) is 0 Å². The van der Waals surface area contributed by atoms with Crippen LogP contribution in [0.5, 0.6) is 0 Å². The Morgan fingerprint density at radius 1 is 1.22 bits per heavy atom. The van der Waals surface area contributed by atoms with Crippen LogP contribution in [-0.4, -0.2) is 15.8 Å². The van der Waals surface area contributed by atoms with Crippen molar-refractivity contribution >= 4 is 17.4 Å². The number of Topliss-reactive ketones (excluding diaryl/α,β-unsaturated/α-hetero) is 1. The zero-order chi connectivity index (χ0) is 13.0. The highest BCUT2D eigenvalue weighted by Crippen LogP contribution is 2.26. The Morgan fingerprint density at radius 3 is 2.50 bits per heavy atom. The maximum Gasteiger partial charge on any atom is 0.171 e. The molecule has 0 amide bonds. The van der Waals surface area contributed by atoms with Crippen molar-refractivity contribution in [3.05, 3.63) is 59.1 Å². The number of nitrogens with zero attached hydrogens (tertiary/aromatic N) is 2. The second kappa shape index (κ2) is 5.74. The molecule has 0 aliphatic carbocycles. The van der Waals surface area contributed by atoms with Crippen molar-refractivity contribution in [1.82, 2.24) is 9.97 Å². The van der Waals surface area contributed by atoms with E-state index in [1.54, 1.807) is 18.3 Å². The summed E-state index contributed by atoms with van der Waals surface area (Å²) < 4.78 is 0. The fourth-order valence-electron chi connectivity index (χ4n) is 1.87. The minimum atomic E-state index is -0.339. The van der Waals surface area contributed by atoms with Crippen molar-refractivity contribution in [3.63, 3.8) is 0 Å². The monoisotopic (exact) mass is 260 g/mol. The number of benzene rings is 1. The molecule has 1 aromatic carbocycles. The lowest BCUT2D eigenvalue weighted by Gasteiger charge is -2.13. The zero-order valence-electron chi connectivity index (χ0n) is 10.0. The van der Waals surface area contributed by atoms with Crippen LogP contribution >= 0.6 is 11.6 Å². The summed E-state index contributed by atoms with van der Waals surface area (Å²) in [7, 11) is 0. The maximum atomic E-state index is 12.4. The fraction of sp³-hybridized carbons (Fsp3) is 0.214. The summed E-state index contributed by atoms with van der Waals surface area (Å²) >= 11 is 6.00. The second-order valence-corrected chi connectivity index (χ2v) is 4.28. The van der Waals surface area contributed by atoms with E-state index in [-0.39, 0.29) is 11.7 Å². The number of hydrogen-bond donors (Lipinski definition) is 0. The van der Waals surface area contributed by atoms with Crippen LogP contribution < -0.4 is 0 Å². The number of halogens is 1. The van der Waals surface area contributed by atoms with Gasteiger partial charge < -0.3 is 0 Å². The van der Waals surface area contributed by atoms with Gasteiger partial charge in [-0.05, 0) is 6.42 Å². The molecule has 1 atom stereocenters. The minimum absolute atomic E-state index is 0.0282. The van der Waals surface area contributed by atoms with Crippen LogP contribution in [0, 0.1) is 0 Å². The van der Waals surface area contributed by atoms with Crippen molar-refractivity contribution < 1.29 is 4.79 Å². The number of hydrogen-bond acceptors (Lipinski definition) is 3. The molecule has 3 nitrogen and oxygen atoms in total. The first-order valence-electron chi connectivity index (χ1n) is 5.79. The highest BCUT2D eigenvalue weighted by Gasteiger charge is 2.23. The summed E-state index contributed by atoms with van der Waals surface area (Å²) in [6, 6.07) is 9.17. The summed E-state index contributed by atoms with van der Waals surface area (Å²) in [6.45, 7) is 1.94. The topological polar surface area (TPSA) is 42.9 Å². The van der Waals surface area contributed by atoms with Gasteiger partial charge in [-0.25, -0.2) is 4.98 Å². The van der Waals surface area contributed by atoms with Crippen molar-refractivity contribution in [2.24, 2.45) is 0 Å². The summed E-state index contributed by atoms with van der Waals surface area (Å²) in [6.07, 6.45) is 3.72. The third kappa shape index (κ3) is 2.57. The van der Waals surface area contributed by atoms with E-state index in [0.29, 0.717) is 22.8 Å². The zero-order valence-corrected chi connectivity index (χ0v) is 10.8. The fourth-order valence-corrected chi connectivity index (χ4v) is 2.11. The molecule has 0 fully saturated rings. The molecule has 1 aromatic heterocycles. The normalized spacial score (nSPS) is 12.1. The maximum absolute atomic E-state index is 12.4. The third-order valence-corrected chi connectivity index (χ3v) is 3.08. The number of carbonyl (C=O) groups excluding carboxylic acids is 1. The Balaban J connectivity index is 2.36. The van der Waals surface area contributed by atoms with E-state index >= 15 is 0 Å². The molecule has 18 heavy (non-hydrogen) atoms. The van der Waals surface area contributed by atoms with Crippen LogP contribution in [0.4, 0.5) is 0 Å². The van der Waals surface area contributed by atoms with Gasteiger partial charge in [0.25, 0.3) is 0 Å². The van der Waals surface area contributed by atoms with Gasteiger partial charge in [-0.3, -0.25) is 9.78 Å². The van der Waals surface area contributed by atoms with Gasteiger partial charge in [0.1, 0.15) is 0 Å². The number of ketones is 1. The molecule has 2 aromatic rings. The Labute approximate surface area is 111 Å². The van der Waals surface area contributed by atoms with Gasteiger partial charge in [0.2, 0.25) is 0 Å². The van der Waals surface area contributed by atoms with Crippen LogP contribution in [0.25, 0.3) is 0 Å². The average molecular weight is 261 g/mol. The smallest absolute Gasteiger partial charge is 0.171 e. The molecule has 4 heteroatoms. The Hall–Kier alpha value is -1.74. The van der Waals surface area contributed by atoms with Crippen LogP contribution in [0.2, 0.25) is 5.15 Å². The van der Waals surface area contributed by atoms with Crippen molar-refractivity contribution in [1.29, 1.82) is 0 Å². The van der Waals surface area contributed by atoms with Gasteiger partial charge in [0.05, 0.1) is 11.6 Å². The van der Waals surface area contributed by atoms with E-state index in [0.717, 1.165) is 0 Å². The summed E-state index contributed by atoms with van der Waals surface area (Å²) in [4.78, 5) is 20.6. The third-order valence-electron chi connectivity index (χ3n) is 2.79. The summed E-state index contributed by atoms with van der Waals surface area (Å²) in [5, 5.41) is 0.300. The average Bonchev–Trinajstić information content (AvgIpc) is 2.42. The molecule has 0 spiro atoms. The van der Waals surface area contributed by atoms with E-state index in [1.165, 1.54) is 6.20 Å². The summed E-state index contributed by atoms with van der Waals surface area (Å²) in [5.41, 5.74) is 1.22. The van der Waals surface area contributed by atoms with Crippen LogP contribution in [0.15, 0.2) is 42.7 Å². The second-order valence-electron chi connectivity index (χ2n) is 3.92. The molecule has 0 aliphatic rings. The Kier molecular flexibility index (Phi) is 4.05. The summed E-state index contributed by atoms with van der Waals surface area (Å²) in [5.74, 6) is -0.311. The molecule has 0 N–H and O–H groups in total. The predicted molar refractivity (Wildman–Crippen MR) is 70.8 cm³/mol. The van der Waals surface area contributed by atoms with Crippen molar-refractivity contribution in [2.75, 3.05) is 0 Å². The molecule has 1 unspecified atom stereocenters.